The SMILES string of the molecule is C[C@@H](c1csc(C(=O)c2cn(C(=O)OC(C)(C)C)c3cc(F)ccc23)n1)N(C)S(=O)C(C)(C)C. The van der Waals surface area contributed by atoms with Crippen LogP contribution in [0.4, 0.5) is 9.18 Å². The molecule has 0 radical (unpaired) electrons. The number of carbonyl (C=O) groups is 2. The second kappa shape index (κ2) is 9.31. The van der Waals surface area contributed by atoms with E-state index in [0.717, 1.165) is 4.57 Å². The van der Waals surface area contributed by atoms with E-state index in [4.69, 9.17) is 4.74 Å². The molecule has 0 fully saturated rings. The van der Waals surface area contributed by atoms with Crippen LogP contribution in [0.2, 0.25) is 0 Å². The number of rotatable bonds is 5. The van der Waals surface area contributed by atoms with E-state index >= 15 is 0 Å². The van der Waals surface area contributed by atoms with Crippen LogP contribution in [-0.2, 0) is 15.7 Å². The first-order chi connectivity index (χ1) is 15.6. The highest BCUT2D eigenvalue weighted by Crippen LogP contribution is 2.30. The molecular formula is C24H30FN3O4S2. The Bertz CT molecular complexity index is 1270. The molecule has 0 aliphatic rings. The minimum Gasteiger partial charge on any atom is -0.443 e. The lowest BCUT2D eigenvalue weighted by Crippen LogP contribution is -2.36. The zero-order valence-electron chi connectivity index (χ0n) is 20.6. The Morgan fingerprint density at radius 3 is 2.44 bits per heavy atom. The molecule has 0 saturated carbocycles. The van der Waals surface area contributed by atoms with E-state index in [0.29, 0.717) is 11.1 Å². The molecule has 34 heavy (non-hydrogen) atoms. The summed E-state index contributed by atoms with van der Waals surface area (Å²) in [4.78, 5) is 30.6. The summed E-state index contributed by atoms with van der Waals surface area (Å²) in [5.74, 6) is -0.920. The van der Waals surface area contributed by atoms with Crippen molar-refractivity contribution in [2.45, 2.75) is 64.9 Å². The molecule has 0 saturated heterocycles. The topological polar surface area (TPSA) is 81.5 Å². The minimum atomic E-state index is -1.26. The summed E-state index contributed by atoms with van der Waals surface area (Å²) < 4.78 is 34.6. The summed E-state index contributed by atoms with van der Waals surface area (Å²) in [5, 5.41) is 2.42. The van der Waals surface area contributed by atoms with Gasteiger partial charge in [0, 0.05) is 24.0 Å². The molecule has 1 aromatic carbocycles. The summed E-state index contributed by atoms with van der Waals surface area (Å²) in [5.41, 5.74) is 0.324. The third-order valence-corrected chi connectivity index (χ3v) is 7.82. The quantitative estimate of drug-likeness (QED) is 0.414. The number of hydrogen-bond acceptors (Lipinski definition) is 6. The monoisotopic (exact) mass is 507 g/mol. The van der Waals surface area contributed by atoms with Crippen LogP contribution in [0, 0.1) is 5.82 Å². The normalized spacial score (nSPS) is 14.4. The number of nitrogens with zero attached hydrogens (tertiary/aromatic N) is 3. The first-order valence-electron chi connectivity index (χ1n) is 10.8. The Morgan fingerprint density at radius 2 is 1.85 bits per heavy atom. The van der Waals surface area contributed by atoms with Crippen molar-refractivity contribution in [2.24, 2.45) is 0 Å². The fraction of sp³-hybridized carbons (Fsp3) is 0.458. The third-order valence-electron chi connectivity index (χ3n) is 5.08. The van der Waals surface area contributed by atoms with Crippen LogP contribution < -0.4 is 0 Å². The van der Waals surface area contributed by atoms with Gasteiger partial charge in [-0.05, 0) is 66.7 Å². The summed E-state index contributed by atoms with van der Waals surface area (Å²) in [7, 11) is 0.501. The van der Waals surface area contributed by atoms with E-state index in [2.05, 4.69) is 4.98 Å². The van der Waals surface area contributed by atoms with Gasteiger partial charge in [-0.15, -0.1) is 11.3 Å². The Morgan fingerprint density at radius 1 is 1.21 bits per heavy atom. The van der Waals surface area contributed by atoms with Gasteiger partial charge in [0.05, 0.1) is 27.6 Å². The van der Waals surface area contributed by atoms with Crippen LogP contribution >= 0.6 is 11.3 Å². The van der Waals surface area contributed by atoms with Gasteiger partial charge in [-0.3, -0.25) is 9.36 Å². The molecule has 184 valence electrons. The van der Waals surface area contributed by atoms with Crippen molar-refractivity contribution in [1.29, 1.82) is 0 Å². The molecule has 0 spiro atoms. The van der Waals surface area contributed by atoms with E-state index in [1.807, 2.05) is 27.7 Å². The zero-order valence-corrected chi connectivity index (χ0v) is 22.3. The minimum absolute atomic E-state index is 0.223. The van der Waals surface area contributed by atoms with Gasteiger partial charge in [-0.25, -0.2) is 22.7 Å². The van der Waals surface area contributed by atoms with Gasteiger partial charge in [0.25, 0.3) is 0 Å². The number of thiazole rings is 1. The zero-order chi connectivity index (χ0) is 25.6. The maximum Gasteiger partial charge on any atom is 0.419 e. The molecule has 0 amide bonds. The molecule has 0 N–H and O–H groups in total. The fourth-order valence-electron chi connectivity index (χ4n) is 3.30. The number of fused-ring (bicyclic) bond motifs is 1. The van der Waals surface area contributed by atoms with Crippen molar-refractivity contribution in [1.82, 2.24) is 13.9 Å². The first kappa shape index (κ1) is 26.2. The Kier molecular flexibility index (Phi) is 7.17. The number of ether oxygens (including phenoxy) is 1. The molecule has 3 rings (SSSR count). The van der Waals surface area contributed by atoms with Crippen molar-refractivity contribution >= 4 is 45.1 Å². The highest BCUT2D eigenvalue weighted by atomic mass is 32.2. The Labute approximate surface area is 205 Å². The molecule has 2 heterocycles. The summed E-state index contributed by atoms with van der Waals surface area (Å²) >= 11 is 1.17. The molecule has 10 heteroatoms. The molecule has 1 unspecified atom stereocenters. The van der Waals surface area contributed by atoms with E-state index in [1.54, 1.807) is 37.5 Å². The summed E-state index contributed by atoms with van der Waals surface area (Å²) in [6.45, 7) is 12.7. The maximum atomic E-state index is 14.0. The molecule has 0 bridgehead atoms. The lowest BCUT2D eigenvalue weighted by atomic mass is 10.1. The lowest BCUT2D eigenvalue weighted by Gasteiger charge is -2.29. The first-order valence-corrected chi connectivity index (χ1v) is 12.8. The standard InChI is InChI=1S/C24H30FN3O4S2/c1-14(27(8)34(31)24(5,6)7)18-13-33-21(26-18)20(29)17-12-28(22(30)32-23(2,3)4)19-11-15(25)9-10-16(17)19/h9-14H,1-8H3/t14-,34?/m0/s1. The van der Waals surface area contributed by atoms with Crippen LogP contribution in [0.1, 0.15) is 75.6 Å². The molecule has 0 aliphatic heterocycles. The van der Waals surface area contributed by atoms with Gasteiger partial charge in [0.2, 0.25) is 5.78 Å². The van der Waals surface area contributed by atoms with Crippen molar-refractivity contribution in [3.63, 3.8) is 0 Å². The Hall–Kier alpha value is -2.43. The number of benzene rings is 1. The van der Waals surface area contributed by atoms with Crippen LogP contribution in [0.15, 0.2) is 29.8 Å². The van der Waals surface area contributed by atoms with E-state index in [9.17, 15) is 18.2 Å². The van der Waals surface area contributed by atoms with Crippen LogP contribution in [-0.4, -0.2) is 47.3 Å². The predicted molar refractivity (Wildman–Crippen MR) is 133 cm³/mol. The average Bonchev–Trinajstić information content (AvgIpc) is 3.34. The number of hydrogen-bond donors (Lipinski definition) is 0. The van der Waals surface area contributed by atoms with Gasteiger partial charge in [-0.2, -0.15) is 0 Å². The summed E-state index contributed by atoms with van der Waals surface area (Å²) in [6, 6.07) is 3.62. The van der Waals surface area contributed by atoms with Gasteiger partial charge in [-0.1, -0.05) is 0 Å². The molecule has 2 atom stereocenters. The van der Waals surface area contributed by atoms with Crippen LogP contribution in [0.3, 0.4) is 0 Å². The van der Waals surface area contributed by atoms with Crippen molar-refractivity contribution in [3.05, 3.63) is 51.9 Å². The smallest absolute Gasteiger partial charge is 0.419 e. The fourth-order valence-corrected chi connectivity index (χ4v) is 5.42. The summed E-state index contributed by atoms with van der Waals surface area (Å²) in [6.07, 6.45) is 0.660. The number of halogens is 1. The highest BCUT2D eigenvalue weighted by Gasteiger charge is 2.30. The molecule has 0 aliphatic carbocycles. The molecule has 7 nitrogen and oxygen atoms in total. The molecule has 2 aromatic heterocycles. The van der Waals surface area contributed by atoms with Gasteiger partial charge < -0.3 is 4.74 Å². The van der Waals surface area contributed by atoms with Gasteiger partial charge in [0.15, 0.2) is 5.01 Å². The highest BCUT2D eigenvalue weighted by molar-refractivity contribution is 7.84. The largest absolute Gasteiger partial charge is 0.443 e. The number of carbonyl (C=O) groups excluding carboxylic acids is 2. The van der Waals surface area contributed by atoms with Gasteiger partial charge >= 0.3 is 6.09 Å². The van der Waals surface area contributed by atoms with Gasteiger partial charge in [0.1, 0.15) is 22.4 Å². The van der Waals surface area contributed by atoms with E-state index in [1.165, 1.54) is 35.7 Å². The predicted octanol–water partition coefficient (Wildman–Crippen LogP) is 5.71. The number of aromatic nitrogens is 2. The second-order valence-corrected chi connectivity index (χ2v) is 13.2. The lowest BCUT2D eigenvalue weighted by molar-refractivity contribution is 0.0544. The van der Waals surface area contributed by atoms with Crippen molar-refractivity contribution in [2.75, 3.05) is 7.05 Å². The van der Waals surface area contributed by atoms with E-state index in [-0.39, 0.29) is 27.9 Å². The molecular weight excluding hydrogens is 477 g/mol. The Balaban J connectivity index is 1.98. The van der Waals surface area contributed by atoms with E-state index < -0.39 is 33.2 Å². The third kappa shape index (κ3) is 5.45. The average molecular weight is 508 g/mol. The molecule has 3 aromatic rings. The number of ketones is 1. The van der Waals surface area contributed by atoms with Crippen LogP contribution in [0.25, 0.3) is 10.9 Å². The maximum absolute atomic E-state index is 14.0. The van der Waals surface area contributed by atoms with Crippen molar-refractivity contribution < 1.29 is 22.9 Å². The second-order valence-electron chi connectivity index (χ2n) is 10.0. The van der Waals surface area contributed by atoms with Crippen molar-refractivity contribution in [3.8, 4) is 0 Å². The van der Waals surface area contributed by atoms with Crippen LogP contribution in [0.5, 0.6) is 0 Å².